The van der Waals surface area contributed by atoms with Gasteiger partial charge in [0.2, 0.25) is 5.91 Å². The number of hydrogen-bond donors (Lipinski definition) is 2. The summed E-state index contributed by atoms with van der Waals surface area (Å²) in [4.78, 5) is 39.4. The molecule has 2 heterocycles. The predicted octanol–water partition coefficient (Wildman–Crippen LogP) is 6.13. The average molecular weight is 641 g/mol. The van der Waals surface area contributed by atoms with Crippen LogP contribution in [0.1, 0.15) is 47.2 Å². The van der Waals surface area contributed by atoms with Gasteiger partial charge in [-0.15, -0.1) is 0 Å². The first-order chi connectivity index (χ1) is 18.3. The Morgan fingerprint density at radius 3 is 2.47 bits per heavy atom. The van der Waals surface area contributed by atoms with Crippen molar-refractivity contribution in [1.29, 1.82) is 0 Å². The summed E-state index contributed by atoms with van der Waals surface area (Å²) in [7, 11) is 0. The van der Waals surface area contributed by atoms with Crippen molar-refractivity contribution >= 4 is 61.0 Å². The summed E-state index contributed by atoms with van der Waals surface area (Å²) in [6.45, 7) is 3.00. The van der Waals surface area contributed by atoms with Crippen molar-refractivity contribution < 1.29 is 19.1 Å². The highest BCUT2D eigenvalue weighted by Crippen LogP contribution is 2.33. The Morgan fingerprint density at radius 1 is 1.03 bits per heavy atom. The van der Waals surface area contributed by atoms with Gasteiger partial charge >= 0.3 is 0 Å². The molecule has 2 N–H and O–H groups in total. The molecule has 0 aromatic heterocycles. The van der Waals surface area contributed by atoms with Gasteiger partial charge in [-0.05, 0) is 79.3 Å². The van der Waals surface area contributed by atoms with Crippen LogP contribution in [0.4, 0.5) is 11.4 Å². The highest BCUT2D eigenvalue weighted by molar-refractivity contribution is 9.11. The van der Waals surface area contributed by atoms with Gasteiger partial charge < -0.3 is 20.3 Å². The van der Waals surface area contributed by atoms with Crippen molar-refractivity contribution in [2.24, 2.45) is 0 Å². The van der Waals surface area contributed by atoms with Crippen LogP contribution in [0, 0.1) is 0 Å². The lowest BCUT2D eigenvalue weighted by Crippen LogP contribution is -2.38. The normalized spacial score (nSPS) is 17.3. The van der Waals surface area contributed by atoms with Crippen molar-refractivity contribution in [2.45, 2.75) is 38.2 Å². The Balaban J connectivity index is 1.14. The van der Waals surface area contributed by atoms with Crippen LogP contribution in [0.2, 0.25) is 0 Å². The minimum atomic E-state index is -0.548. The van der Waals surface area contributed by atoms with Crippen molar-refractivity contribution in [3.8, 4) is 5.75 Å². The van der Waals surface area contributed by atoms with Crippen molar-refractivity contribution in [3.63, 3.8) is 0 Å². The van der Waals surface area contributed by atoms with Crippen LogP contribution in [0.3, 0.4) is 0 Å². The molecule has 3 amide bonds. The summed E-state index contributed by atoms with van der Waals surface area (Å²) in [5, 5.41) is 5.77. The third-order valence-electron chi connectivity index (χ3n) is 6.97. The third-order valence-corrected chi connectivity index (χ3v) is 8.20. The zero-order chi connectivity index (χ0) is 26.8. The average Bonchev–Trinajstić information content (AvgIpc) is 2.91. The molecule has 0 radical (unpaired) electrons. The third kappa shape index (κ3) is 5.94. The summed E-state index contributed by atoms with van der Waals surface area (Å²) in [5.74, 6) is 0.588. The highest BCUT2D eigenvalue weighted by atomic mass is 79.9. The maximum Gasteiger partial charge on any atom is 0.265 e. The standard InChI is InChI=1S/C29H27Br2N3O4/c1-17-28(36)33-25-14-21(5-9-26(25)38-17)29(37)34-12-10-19(11-13-34)18-3-7-23(8-4-18)32-27(35)15-20-2-6-22(30)16-24(20)31/h2-9,14,16-17,19H,10-13,15H2,1H3,(H,32,35)(H,33,36). The number of ether oxygens (including phenoxy) is 1. The number of halogens is 2. The van der Waals surface area contributed by atoms with Crippen LogP contribution in [-0.4, -0.2) is 41.8 Å². The lowest BCUT2D eigenvalue weighted by molar-refractivity contribution is -0.122. The van der Waals surface area contributed by atoms with E-state index in [2.05, 4.69) is 54.6 Å². The molecular formula is C29H27Br2N3O4. The molecule has 0 spiro atoms. The number of likely N-dealkylation sites (tertiary alicyclic amines) is 1. The molecule has 9 heteroatoms. The van der Waals surface area contributed by atoms with E-state index < -0.39 is 6.10 Å². The second-order valence-corrected chi connectivity index (χ2v) is 11.4. The zero-order valence-corrected chi connectivity index (χ0v) is 24.0. The summed E-state index contributed by atoms with van der Waals surface area (Å²) in [5.41, 5.74) is 3.96. The van der Waals surface area contributed by atoms with Crippen molar-refractivity contribution in [3.05, 3.63) is 86.3 Å². The number of piperidine rings is 1. The molecule has 2 aliphatic heterocycles. The maximum absolute atomic E-state index is 13.1. The van der Waals surface area contributed by atoms with E-state index >= 15 is 0 Å². The fourth-order valence-electron chi connectivity index (χ4n) is 4.82. The molecule has 2 aliphatic rings. The van der Waals surface area contributed by atoms with Gasteiger partial charge in [0.15, 0.2) is 6.10 Å². The van der Waals surface area contributed by atoms with Gasteiger partial charge in [-0.25, -0.2) is 0 Å². The van der Waals surface area contributed by atoms with Gasteiger partial charge in [0.1, 0.15) is 5.75 Å². The topological polar surface area (TPSA) is 87.7 Å². The molecule has 7 nitrogen and oxygen atoms in total. The molecule has 1 fully saturated rings. The monoisotopic (exact) mass is 639 g/mol. The number of carbonyl (C=O) groups excluding carboxylic acids is 3. The van der Waals surface area contributed by atoms with Gasteiger partial charge in [0.05, 0.1) is 12.1 Å². The molecule has 196 valence electrons. The molecule has 3 aromatic carbocycles. The lowest BCUT2D eigenvalue weighted by atomic mass is 9.89. The smallest absolute Gasteiger partial charge is 0.265 e. The summed E-state index contributed by atoms with van der Waals surface area (Å²) >= 11 is 6.93. The Morgan fingerprint density at radius 2 is 1.76 bits per heavy atom. The Kier molecular flexibility index (Phi) is 7.85. The van der Waals surface area contributed by atoms with E-state index in [4.69, 9.17) is 4.74 Å². The number of benzene rings is 3. The van der Waals surface area contributed by atoms with Crippen LogP contribution in [0.15, 0.2) is 69.6 Å². The van der Waals surface area contributed by atoms with Crippen LogP contribution in [0.5, 0.6) is 5.75 Å². The molecule has 1 atom stereocenters. The number of carbonyl (C=O) groups is 3. The first kappa shape index (κ1) is 26.4. The zero-order valence-electron chi connectivity index (χ0n) is 20.8. The van der Waals surface area contributed by atoms with Gasteiger partial charge in [0.25, 0.3) is 11.8 Å². The number of fused-ring (bicyclic) bond motifs is 1. The predicted molar refractivity (Wildman–Crippen MR) is 154 cm³/mol. The molecule has 3 aromatic rings. The fourth-order valence-corrected chi connectivity index (χ4v) is 6.01. The second kappa shape index (κ2) is 11.3. The molecule has 38 heavy (non-hydrogen) atoms. The first-order valence-corrected chi connectivity index (χ1v) is 14.1. The highest BCUT2D eigenvalue weighted by Gasteiger charge is 2.27. The molecule has 5 rings (SSSR count). The van der Waals surface area contributed by atoms with Crippen LogP contribution in [0.25, 0.3) is 0 Å². The summed E-state index contributed by atoms with van der Waals surface area (Å²) in [6.07, 6.45) is 1.45. The van der Waals surface area contributed by atoms with Gasteiger partial charge in [0, 0.05) is 33.3 Å². The number of amides is 3. The second-order valence-electron chi connectivity index (χ2n) is 9.61. The SMILES string of the molecule is CC1Oc2ccc(C(=O)N3CCC(c4ccc(NC(=O)Cc5ccc(Br)cc5Br)cc4)CC3)cc2NC1=O. The minimum absolute atomic E-state index is 0.0467. The van der Waals surface area contributed by atoms with E-state index in [0.29, 0.717) is 36.0 Å². The number of anilines is 2. The van der Waals surface area contributed by atoms with E-state index in [-0.39, 0.29) is 24.1 Å². The van der Waals surface area contributed by atoms with E-state index in [1.165, 1.54) is 5.56 Å². The molecule has 0 bridgehead atoms. The minimum Gasteiger partial charge on any atom is -0.479 e. The first-order valence-electron chi connectivity index (χ1n) is 12.5. The maximum atomic E-state index is 13.1. The van der Waals surface area contributed by atoms with Crippen molar-refractivity contribution in [2.75, 3.05) is 23.7 Å². The number of hydrogen-bond acceptors (Lipinski definition) is 4. The molecular weight excluding hydrogens is 614 g/mol. The lowest BCUT2D eigenvalue weighted by Gasteiger charge is -2.32. The fraction of sp³-hybridized carbons (Fsp3) is 0.276. The van der Waals surface area contributed by atoms with E-state index in [1.54, 1.807) is 25.1 Å². The van der Waals surface area contributed by atoms with E-state index in [1.807, 2.05) is 35.2 Å². The number of nitrogens with one attached hydrogen (secondary N) is 2. The largest absolute Gasteiger partial charge is 0.479 e. The Bertz CT molecular complexity index is 1390. The Hall–Kier alpha value is -3.17. The number of rotatable bonds is 5. The van der Waals surface area contributed by atoms with Gasteiger partial charge in [-0.3, -0.25) is 14.4 Å². The Labute approximate surface area is 238 Å². The molecule has 1 unspecified atom stereocenters. The van der Waals surface area contributed by atoms with Crippen LogP contribution < -0.4 is 15.4 Å². The molecule has 0 saturated carbocycles. The van der Waals surface area contributed by atoms with Gasteiger partial charge in [-0.2, -0.15) is 0 Å². The summed E-state index contributed by atoms with van der Waals surface area (Å²) in [6, 6.07) is 18.9. The summed E-state index contributed by atoms with van der Waals surface area (Å²) < 4.78 is 7.44. The van der Waals surface area contributed by atoms with Crippen LogP contribution >= 0.6 is 31.9 Å². The quantitative estimate of drug-likeness (QED) is 0.351. The van der Waals surface area contributed by atoms with Crippen LogP contribution in [-0.2, 0) is 16.0 Å². The van der Waals surface area contributed by atoms with E-state index in [9.17, 15) is 14.4 Å². The molecule has 1 saturated heterocycles. The number of nitrogens with zero attached hydrogens (tertiary/aromatic N) is 1. The molecule has 0 aliphatic carbocycles. The van der Waals surface area contributed by atoms with Gasteiger partial charge in [-0.1, -0.05) is 50.1 Å². The van der Waals surface area contributed by atoms with Crippen molar-refractivity contribution in [1.82, 2.24) is 4.90 Å². The van der Waals surface area contributed by atoms with E-state index in [0.717, 1.165) is 33.0 Å².